The van der Waals surface area contributed by atoms with Crippen LogP contribution in [0.15, 0.2) is 103 Å². The van der Waals surface area contributed by atoms with Crippen LogP contribution in [0.25, 0.3) is 0 Å². The molecular formula is C30H28ClNO. The fourth-order valence-corrected chi connectivity index (χ4v) is 6.15. The SMILES string of the molecule is CC(C)Oc1cccc2c1C1c3cccc[n+]3C2CC1(c1ccccc1)c1ccccc1.[Cl-]. The van der Waals surface area contributed by atoms with Crippen LogP contribution in [0.3, 0.4) is 0 Å². The van der Waals surface area contributed by atoms with Crippen molar-refractivity contribution < 1.29 is 21.7 Å². The van der Waals surface area contributed by atoms with Gasteiger partial charge in [0.05, 0.1) is 12.0 Å². The molecule has 3 aromatic carbocycles. The van der Waals surface area contributed by atoms with E-state index in [9.17, 15) is 0 Å². The molecule has 4 aromatic rings. The molecule has 166 valence electrons. The molecule has 7 rings (SSSR count). The average Bonchev–Trinajstić information content (AvgIpc) is 2.85. The maximum Gasteiger partial charge on any atom is 0.190 e. The Morgan fingerprint density at radius 3 is 2.06 bits per heavy atom. The molecule has 0 spiro atoms. The number of halogens is 1. The zero-order valence-corrected chi connectivity index (χ0v) is 19.7. The van der Waals surface area contributed by atoms with E-state index in [1.807, 2.05) is 0 Å². The summed E-state index contributed by atoms with van der Waals surface area (Å²) in [5.74, 6) is 1.20. The van der Waals surface area contributed by atoms with Crippen LogP contribution in [0.1, 0.15) is 60.2 Å². The summed E-state index contributed by atoms with van der Waals surface area (Å²) in [6, 6.07) is 35.7. The molecule has 1 aliphatic carbocycles. The second-order valence-electron chi connectivity index (χ2n) is 9.31. The van der Waals surface area contributed by atoms with Crippen molar-refractivity contribution in [3.8, 4) is 5.75 Å². The maximum absolute atomic E-state index is 6.44. The topological polar surface area (TPSA) is 13.1 Å². The van der Waals surface area contributed by atoms with Crippen molar-refractivity contribution in [3.63, 3.8) is 0 Å². The van der Waals surface area contributed by atoms with E-state index in [1.54, 1.807) is 0 Å². The molecule has 2 aliphatic heterocycles. The standard InChI is InChI=1S/C30H28NO.ClH/c1-21(2)32-27-18-11-16-24-26-20-30(22-12-5-3-6-13-22,23-14-7-4-8-15-23)29(28(24)27)25-17-9-10-19-31(25)26;/h3-19,21,26,29H,20H2,1-2H3;1H/q+1;/p-1. The first-order chi connectivity index (χ1) is 15.7. The highest BCUT2D eigenvalue weighted by Gasteiger charge is 2.60. The van der Waals surface area contributed by atoms with E-state index in [2.05, 4.69) is 122 Å². The molecule has 0 fully saturated rings. The van der Waals surface area contributed by atoms with Crippen molar-refractivity contribution >= 4 is 0 Å². The Kier molecular flexibility index (Phi) is 5.50. The Labute approximate surface area is 202 Å². The lowest BCUT2D eigenvalue weighted by molar-refractivity contribution is -0.732. The largest absolute Gasteiger partial charge is 1.00 e. The molecule has 2 nitrogen and oxygen atoms in total. The van der Waals surface area contributed by atoms with Crippen molar-refractivity contribution in [3.05, 3.63) is 131 Å². The molecule has 33 heavy (non-hydrogen) atoms. The van der Waals surface area contributed by atoms with E-state index in [0.717, 1.165) is 12.2 Å². The number of hydrogen-bond donors (Lipinski definition) is 0. The molecule has 3 aliphatic rings. The first-order valence-electron chi connectivity index (χ1n) is 11.6. The third-order valence-corrected chi connectivity index (χ3v) is 7.25. The van der Waals surface area contributed by atoms with E-state index in [1.165, 1.54) is 27.9 Å². The summed E-state index contributed by atoms with van der Waals surface area (Å²) in [5, 5.41) is 0. The van der Waals surface area contributed by atoms with Crippen LogP contribution >= 0.6 is 0 Å². The number of nitrogens with zero attached hydrogens (tertiary/aromatic N) is 1. The Bertz CT molecular complexity index is 1230. The molecule has 0 radical (unpaired) electrons. The predicted octanol–water partition coefficient (Wildman–Crippen LogP) is 3.19. The van der Waals surface area contributed by atoms with Crippen molar-refractivity contribution in [1.29, 1.82) is 0 Å². The fraction of sp³-hybridized carbons (Fsp3) is 0.233. The summed E-state index contributed by atoms with van der Waals surface area (Å²) in [6.07, 6.45) is 3.42. The lowest BCUT2D eigenvalue weighted by Crippen LogP contribution is -3.00. The second kappa shape index (κ2) is 8.35. The molecule has 0 amide bonds. The van der Waals surface area contributed by atoms with Crippen LogP contribution in [-0.4, -0.2) is 6.10 Å². The average molecular weight is 454 g/mol. The summed E-state index contributed by atoms with van der Waals surface area (Å²) >= 11 is 0. The number of aromatic nitrogens is 1. The molecule has 2 bridgehead atoms. The van der Waals surface area contributed by atoms with E-state index in [0.29, 0.717) is 0 Å². The quantitative estimate of drug-likeness (QED) is 0.432. The lowest BCUT2D eigenvalue weighted by Gasteiger charge is -2.50. The van der Waals surface area contributed by atoms with Crippen molar-refractivity contribution in [1.82, 2.24) is 0 Å². The maximum atomic E-state index is 6.44. The van der Waals surface area contributed by atoms with Crippen molar-refractivity contribution in [2.75, 3.05) is 0 Å². The monoisotopic (exact) mass is 453 g/mol. The Morgan fingerprint density at radius 1 is 0.788 bits per heavy atom. The number of fused-ring (bicyclic) bond motifs is 1. The zero-order chi connectivity index (χ0) is 21.7. The van der Waals surface area contributed by atoms with Crippen LogP contribution in [-0.2, 0) is 5.41 Å². The van der Waals surface area contributed by atoms with Gasteiger partial charge in [0.15, 0.2) is 17.9 Å². The summed E-state index contributed by atoms with van der Waals surface area (Å²) in [5.41, 5.74) is 6.72. The first kappa shape index (κ1) is 21.7. The molecule has 0 N–H and O–H groups in total. The lowest BCUT2D eigenvalue weighted by atomic mass is 9.53. The third kappa shape index (κ3) is 3.20. The number of benzene rings is 3. The van der Waals surface area contributed by atoms with Gasteiger partial charge < -0.3 is 17.1 Å². The molecule has 1 aromatic heterocycles. The second-order valence-corrected chi connectivity index (χ2v) is 9.31. The summed E-state index contributed by atoms with van der Waals surface area (Å²) in [4.78, 5) is 0. The van der Waals surface area contributed by atoms with Gasteiger partial charge in [-0.3, -0.25) is 0 Å². The van der Waals surface area contributed by atoms with E-state index >= 15 is 0 Å². The minimum atomic E-state index is -0.155. The minimum Gasteiger partial charge on any atom is -1.00 e. The van der Waals surface area contributed by atoms with E-state index < -0.39 is 0 Å². The third-order valence-electron chi connectivity index (χ3n) is 7.25. The molecule has 3 heterocycles. The van der Waals surface area contributed by atoms with Gasteiger partial charge in [-0.2, -0.15) is 4.57 Å². The predicted molar refractivity (Wildman–Crippen MR) is 127 cm³/mol. The van der Waals surface area contributed by atoms with Gasteiger partial charge in [0, 0.05) is 35.1 Å². The highest BCUT2D eigenvalue weighted by Crippen LogP contribution is 2.61. The number of hydrogen-bond acceptors (Lipinski definition) is 1. The summed E-state index contributed by atoms with van der Waals surface area (Å²) < 4.78 is 8.93. The highest BCUT2D eigenvalue weighted by molar-refractivity contribution is 5.59. The summed E-state index contributed by atoms with van der Waals surface area (Å²) in [7, 11) is 0. The fourth-order valence-electron chi connectivity index (χ4n) is 6.15. The van der Waals surface area contributed by atoms with Crippen LogP contribution in [0.4, 0.5) is 0 Å². The molecule has 2 atom stereocenters. The van der Waals surface area contributed by atoms with Crippen molar-refractivity contribution in [2.24, 2.45) is 0 Å². The van der Waals surface area contributed by atoms with Gasteiger partial charge in [0.2, 0.25) is 0 Å². The van der Waals surface area contributed by atoms with Crippen LogP contribution < -0.4 is 21.7 Å². The summed E-state index contributed by atoms with van der Waals surface area (Å²) in [6.45, 7) is 4.23. The number of pyridine rings is 1. The van der Waals surface area contributed by atoms with Gasteiger partial charge in [-0.25, -0.2) is 0 Å². The van der Waals surface area contributed by atoms with Crippen LogP contribution in [0.2, 0.25) is 0 Å². The van der Waals surface area contributed by atoms with Gasteiger partial charge >= 0.3 is 0 Å². The van der Waals surface area contributed by atoms with Crippen molar-refractivity contribution in [2.45, 2.75) is 43.7 Å². The van der Waals surface area contributed by atoms with Crippen LogP contribution in [0.5, 0.6) is 5.75 Å². The first-order valence-corrected chi connectivity index (χ1v) is 11.6. The van der Waals surface area contributed by atoms with Gasteiger partial charge in [0.1, 0.15) is 5.75 Å². The van der Waals surface area contributed by atoms with Gasteiger partial charge in [-0.1, -0.05) is 78.9 Å². The van der Waals surface area contributed by atoms with Crippen LogP contribution in [0, 0.1) is 0 Å². The highest BCUT2D eigenvalue weighted by atomic mass is 35.5. The van der Waals surface area contributed by atoms with E-state index in [-0.39, 0.29) is 35.9 Å². The Balaban J connectivity index is 0.00000228. The van der Waals surface area contributed by atoms with Gasteiger partial charge in [-0.15, -0.1) is 0 Å². The number of ether oxygens (including phenoxy) is 1. The normalized spacial score (nSPS) is 19.4. The molecule has 3 heteroatoms. The van der Waals surface area contributed by atoms with E-state index in [4.69, 9.17) is 4.74 Å². The Morgan fingerprint density at radius 2 is 1.42 bits per heavy atom. The molecule has 0 saturated carbocycles. The zero-order valence-electron chi connectivity index (χ0n) is 19.0. The molecule has 0 saturated heterocycles. The van der Waals surface area contributed by atoms with Gasteiger partial charge in [-0.05, 0) is 31.0 Å². The molecular weight excluding hydrogens is 426 g/mol. The molecule has 2 unspecified atom stereocenters. The Hall–Kier alpha value is -3.10. The van der Waals surface area contributed by atoms with Gasteiger partial charge in [0.25, 0.3) is 0 Å². The smallest absolute Gasteiger partial charge is 0.190 e. The number of rotatable bonds is 4. The minimum absolute atomic E-state index is 0.